The molecule has 0 spiro atoms. The van der Waals surface area contributed by atoms with Gasteiger partial charge >= 0.3 is 0 Å². The Morgan fingerprint density at radius 1 is 1.08 bits per heavy atom. The van der Waals surface area contributed by atoms with E-state index in [4.69, 9.17) is 0 Å². The third kappa shape index (κ3) is 3.97. The summed E-state index contributed by atoms with van der Waals surface area (Å²) < 4.78 is 7.45. The molecule has 0 aliphatic carbocycles. The van der Waals surface area contributed by atoms with Gasteiger partial charge in [0.2, 0.25) is 5.16 Å². The van der Waals surface area contributed by atoms with Crippen molar-refractivity contribution in [1.29, 1.82) is 0 Å². The number of para-hydroxylation sites is 1. The predicted octanol–water partition coefficient (Wildman–Crippen LogP) is 3.82. The standard InChI is InChI=1S/C18H22N6S2/c1-2-15-19-18(26-22-15)25-17-21-20-16(13-23-11-7-4-8-12-23)24(17)14-9-5-3-6-10-14/h3,5-6,9-10H,2,4,7-8,11-13H2,1H3. The van der Waals surface area contributed by atoms with Crippen molar-refractivity contribution in [2.24, 2.45) is 0 Å². The molecule has 0 radical (unpaired) electrons. The first-order valence-electron chi connectivity index (χ1n) is 9.06. The molecule has 4 rings (SSSR count). The van der Waals surface area contributed by atoms with E-state index in [0.29, 0.717) is 0 Å². The van der Waals surface area contributed by atoms with Crippen LogP contribution in [0.4, 0.5) is 0 Å². The van der Waals surface area contributed by atoms with Crippen molar-refractivity contribution in [3.63, 3.8) is 0 Å². The van der Waals surface area contributed by atoms with Gasteiger partial charge in [0.1, 0.15) is 5.82 Å². The second-order valence-corrected chi connectivity index (χ2v) is 8.30. The molecule has 0 bridgehead atoms. The van der Waals surface area contributed by atoms with Crippen LogP contribution >= 0.6 is 23.3 Å². The van der Waals surface area contributed by atoms with Crippen LogP contribution in [0.2, 0.25) is 0 Å². The summed E-state index contributed by atoms with van der Waals surface area (Å²) in [7, 11) is 0. The molecule has 3 heterocycles. The molecule has 0 unspecified atom stereocenters. The van der Waals surface area contributed by atoms with E-state index in [0.717, 1.165) is 52.9 Å². The molecule has 0 N–H and O–H groups in total. The molecule has 26 heavy (non-hydrogen) atoms. The lowest BCUT2D eigenvalue weighted by molar-refractivity contribution is 0.214. The lowest BCUT2D eigenvalue weighted by atomic mass is 10.1. The highest BCUT2D eigenvalue weighted by atomic mass is 32.2. The van der Waals surface area contributed by atoms with Crippen LogP contribution in [-0.4, -0.2) is 42.1 Å². The maximum absolute atomic E-state index is 4.56. The Hall–Kier alpha value is -1.77. The molecule has 1 aromatic carbocycles. The Kier molecular flexibility index (Phi) is 5.62. The lowest BCUT2D eigenvalue weighted by Crippen LogP contribution is -2.30. The van der Waals surface area contributed by atoms with Crippen molar-refractivity contribution < 1.29 is 0 Å². The summed E-state index contributed by atoms with van der Waals surface area (Å²) in [5, 5.41) is 9.84. The van der Waals surface area contributed by atoms with Gasteiger partial charge in [-0.2, -0.15) is 4.37 Å². The van der Waals surface area contributed by atoms with Gasteiger partial charge in [-0.3, -0.25) is 9.47 Å². The number of hydrogen-bond acceptors (Lipinski definition) is 7. The van der Waals surface area contributed by atoms with E-state index in [9.17, 15) is 0 Å². The third-order valence-corrected chi connectivity index (χ3v) is 6.21. The number of aryl methyl sites for hydroxylation is 1. The van der Waals surface area contributed by atoms with E-state index in [-0.39, 0.29) is 0 Å². The zero-order valence-corrected chi connectivity index (χ0v) is 16.5. The maximum Gasteiger partial charge on any atom is 0.203 e. The van der Waals surface area contributed by atoms with Gasteiger partial charge < -0.3 is 0 Å². The van der Waals surface area contributed by atoms with Crippen LogP contribution in [0.15, 0.2) is 39.8 Å². The molecule has 1 aliphatic rings. The molecule has 1 saturated heterocycles. The summed E-state index contributed by atoms with van der Waals surface area (Å²) in [5.41, 5.74) is 1.09. The second-order valence-electron chi connectivity index (χ2n) is 6.34. The van der Waals surface area contributed by atoms with E-state index < -0.39 is 0 Å². The molecule has 1 aliphatic heterocycles. The minimum atomic E-state index is 0.832. The first kappa shape index (κ1) is 17.6. The lowest BCUT2D eigenvalue weighted by Gasteiger charge is -2.26. The summed E-state index contributed by atoms with van der Waals surface area (Å²) in [6.45, 7) is 5.18. The number of nitrogens with zero attached hydrogens (tertiary/aromatic N) is 6. The van der Waals surface area contributed by atoms with Crippen molar-refractivity contribution in [3.05, 3.63) is 42.0 Å². The normalized spacial score (nSPS) is 15.4. The molecule has 136 valence electrons. The molecule has 0 atom stereocenters. The number of benzene rings is 1. The predicted molar refractivity (Wildman–Crippen MR) is 104 cm³/mol. The Bertz CT molecular complexity index is 839. The number of piperidine rings is 1. The van der Waals surface area contributed by atoms with Crippen LogP contribution in [-0.2, 0) is 13.0 Å². The molecule has 0 saturated carbocycles. The maximum atomic E-state index is 4.56. The summed E-state index contributed by atoms with van der Waals surface area (Å²) in [4.78, 5) is 7.04. The minimum Gasteiger partial charge on any atom is -0.296 e. The quantitative estimate of drug-likeness (QED) is 0.642. The van der Waals surface area contributed by atoms with Crippen LogP contribution in [0.25, 0.3) is 5.69 Å². The molecule has 1 fully saturated rings. The fraction of sp³-hybridized carbons (Fsp3) is 0.444. The van der Waals surface area contributed by atoms with Crippen LogP contribution in [0.5, 0.6) is 0 Å². The van der Waals surface area contributed by atoms with E-state index in [2.05, 4.69) is 60.2 Å². The Balaban J connectivity index is 1.64. The summed E-state index contributed by atoms with van der Waals surface area (Å²) >= 11 is 2.97. The topological polar surface area (TPSA) is 59.7 Å². The van der Waals surface area contributed by atoms with Gasteiger partial charge in [-0.1, -0.05) is 31.5 Å². The number of likely N-dealkylation sites (tertiary alicyclic amines) is 1. The number of rotatable bonds is 6. The molecular weight excluding hydrogens is 364 g/mol. The first-order valence-corrected chi connectivity index (χ1v) is 10.6. The van der Waals surface area contributed by atoms with Crippen molar-refractivity contribution >= 4 is 23.3 Å². The third-order valence-electron chi connectivity index (χ3n) is 4.47. The summed E-state index contributed by atoms with van der Waals surface area (Å²) in [5.74, 6) is 1.87. The van der Waals surface area contributed by atoms with E-state index >= 15 is 0 Å². The largest absolute Gasteiger partial charge is 0.296 e. The number of aromatic nitrogens is 5. The van der Waals surface area contributed by atoms with E-state index in [1.165, 1.54) is 30.8 Å². The smallest absolute Gasteiger partial charge is 0.203 e. The SMILES string of the molecule is CCc1nsc(Sc2nnc(CN3CCCCC3)n2-c2ccccc2)n1. The first-order chi connectivity index (χ1) is 12.8. The molecular formula is C18H22N6S2. The van der Waals surface area contributed by atoms with Gasteiger partial charge in [0.15, 0.2) is 10.2 Å². The van der Waals surface area contributed by atoms with Crippen LogP contribution in [0.3, 0.4) is 0 Å². The van der Waals surface area contributed by atoms with Crippen molar-refractivity contribution in [2.45, 2.75) is 48.6 Å². The van der Waals surface area contributed by atoms with Gasteiger partial charge in [0.25, 0.3) is 0 Å². The van der Waals surface area contributed by atoms with E-state index in [1.807, 2.05) is 6.07 Å². The second kappa shape index (κ2) is 8.28. The van der Waals surface area contributed by atoms with Crippen LogP contribution < -0.4 is 0 Å². The molecule has 6 nitrogen and oxygen atoms in total. The van der Waals surface area contributed by atoms with E-state index in [1.54, 1.807) is 11.8 Å². The minimum absolute atomic E-state index is 0.832. The van der Waals surface area contributed by atoms with Gasteiger partial charge in [-0.15, -0.1) is 10.2 Å². The highest BCUT2D eigenvalue weighted by Gasteiger charge is 2.20. The molecule has 3 aromatic rings. The van der Waals surface area contributed by atoms with Gasteiger partial charge in [-0.25, -0.2) is 4.98 Å². The zero-order valence-electron chi connectivity index (χ0n) is 14.8. The average Bonchev–Trinajstić information content (AvgIpc) is 3.30. The molecule has 0 amide bonds. The zero-order chi connectivity index (χ0) is 17.8. The van der Waals surface area contributed by atoms with Crippen molar-refractivity contribution in [3.8, 4) is 5.69 Å². The van der Waals surface area contributed by atoms with Crippen LogP contribution in [0.1, 0.15) is 37.8 Å². The van der Waals surface area contributed by atoms with Crippen molar-refractivity contribution in [2.75, 3.05) is 13.1 Å². The highest BCUT2D eigenvalue weighted by Crippen LogP contribution is 2.30. The van der Waals surface area contributed by atoms with Crippen LogP contribution in [0, 0.1) is 0 Å². The fourth-order valence-electron chi connectivity index (χ4n) is 3.12. The molecule has 8 heteroatoms. The summed E-state index contributed by atoms with van der Waals surface area (Å²) in [6.07, 6.45) is 4.72. The van der Waals surface area contributed by atoms with Gasteiger partial charge in [0, 0.05) is 12.1 Å². The highest BCUT2D eigenvalue weighted by molar-refractivity contribution is 8.00. The monoisotopic (exact) mass is 386 g/mol. The Morgan fingerprint density at radius 2 is 1.88 bits per heavy atom. The Labute approximate surface area is 161 Å². The fourth-order valence-corrected chi connectivity index (χ4v) is 4.80. The molecule has 2 aromatic heterocycles. The summed E-state index contributed by atoms with van der Waals surface area (Å²) in [6, 6.07) is 10.3. The average molecular weight is 387 g/mol. The number of hydrogen-bond donors (Lipinski definition) is 0. The Morgan fingerprint density at radius 3 is 2.62 bits per heavy atom. The van der Waals surface area contributed by atoms with Crippen molar-refractivity contribution in [1.82, 2.24) is 29.0 Å². The van der Waals surface area contributed by atoms with Gasteiger partial charge in [0.05, 0.1) is 6.54 Å². The van der Waals surface area contributed by atoms with Gasteiger partial charge in [-0.05, 0) is 61.4 Å².